The fraction of sp³-hybridized carbons (Fsp3) is 0.409. The second-order valence-electron chi connectivity index (χ2n) is 8.25. The average Bonchev–Trinajstić information content (AvgIpc) is 3.40. The van der Waals surface area contributed by atoms with Crippen LogP contribution in [0.25, 0.3) is 11.0 Å². The van der Waals surface area contributed by atoms with Crippen LogP contribution in [0.3, 0.4) is 0 Å². The lowest BCUT2D eigenvalue weighted by atomic mass is 10.1. The van der Waals surface area contributed by atoms with Crippen LogP contribution in [-0.2, 0) is 24.4 Å². The Bertz CT molecular complexity index is 1300. The van der Waals surface area contributed by atoms with E-state index in [1.54, 1.807) is 27.3 Å². The van der Waals surface area contributed by atoms with Crippen molar-refractivity contribution >= 4 is 22.8 Å². The standard InChI is InChI=1S/C22H27N9O3/c1-13-26-19(29-34-13)8-24-21-20-17(27-22(23)28-21)7-25-31(20)10-15-5-4-14(6-18(15)33-3)9-30-11-16(12-30)32-2/h4-7,16H,8-12H2,1-3H3,(H3,23,24,27,28). The molecule has 12 nitrogen and oxygen atoms in total. The van der Waals surface area contributed by atoms with Gasteiger partial charge in [0.15, 0.2) is 11.6 Å². The Hall–Kier alpha value is -3.77. The zero-order valence-electron chi connectivity index (χ0n) is 19.4. The average molecular weight is 466 g/mol. The van der Waals surface area contributed by atoms with Gasteiger partial charge in [-0.3, -0.25) is 9.58 Å². The number of ether oxygens (including phenoxy) is 2. The van der Waals surface area contributed by atoms with Crippen molar-refractivity contribution in [3.8, 4) is 5.75 Å². The van der Waals surface area contributed by atoms with Crippen molar-refractivity contribution < 1.29 is 14.0 Å². The quantitative estimate of drug-likeness (QED) is 0.372. The van der Waals surface area contributed by atoms with Gasteiger partial charge >= 0.3 is 0 Å². The van der Waals surface area contributed by atoms with Gasteiger partial charge in [-0.25, -0.2) is 4.98 Å². The van der Waals surface area contributed by atoms with E-state index in [-0.39, 0.29) is 5.95 Å². The number of nitrogens with zero attached hydrogens (tertiary/aromatic N) is 7. The molecule has 0 bridgehead atoms. The molecule has 3 aromatic heterocycles. The molecular weight excluding hydrogens is 438 g/mol. The first-order valence-corrected chi connectivity index (χ1v) is 11.0. The van der Waals surface area contributed by atoms with E-state index in [9.17, 15) is 0 Å². The number of aromatic nitrogens is 6. The first-order valence-electron chi connectivity index (χ1n) is 11.0. The van der Waals surface area contributed by atoms with Crippen molar-refractivity contribution in [1.82, 2.24) is 34.8 Å². The number of nitrogen functional groups attached to an aromatic ring is 1. The lowest BCUT2D eigenvalue weighted by molar-refractivity contribution is -0.0334. The van der Waals surface area contributed by atoms with Crippen molar-refractivity contribution in [1.29, 1.82) is 0 Å². The highest BCUT2D eigenvalue weighted by atomic mass is 16.5. The summed E-state index contributed by atoms with van der Waals surface area (Å²) in [6.07, 6.45) is 2.01. The first-order chi connectivity index (χ1) is 16.5. The molecule has 0 radical (unpaired) electrons. The zero-order valence-corrected chi connectivity index (χ0v) is 19.4. The minimum atomic E-state index is 0.155. The normalized spacial score (nSPS) is 14.4. The Morgan fingerprint density at radius 2 is 2.03 bits per heavy atom. The maximum absolute atomic E-state index is 5.91. The molecule has 0 atom stereocenters. The third-order valence-corrected chi connectivity index (χ3v) is 5.82. The van der Waals surface area contributed by atoms with E-state index < -0.39 is 0 Å². The molecule has 1 aliphatic rings. The number of benzene rings is 1. The number of likely N-dealkylation sites (tertiary alicyclic amines) is 1. The Kier molecular flexibility index (Phi) is 5.99. The van der Waals surface area contributed by atoms with E-state index in [1.165, 1.54) is 5.56 Å². The van der Waals surface area contributed by atoms with Crippen molar-refractivity contribution in [3.63, 3.8) is 0 Å². The molecule has 0 aliphatic carbocycles. The minimum absolute atomic E-state index is 0.155. The Morgan fingerprint density at radius 1 is 1.18 bits per heavy atom. The Labute approximate surface area is 196 Å². The number of nitrogens with two attached hydrogens (primary N) is 1. The van der Waals surface area contributed by atoms with E-state index in [2.05, 4.69) is 53.6 Å². The lowest BCUT2D eigenvalue weighted by Crippen LogP contribution is -2.50. The highest BCUT2D eigenvalue weighted by Gasteiger charge is 2.26. The fourth-order valence-corrected chi connectivity index (χ4v) is 4.07. The predicted molar refractivity (Wildman–Crippen MR) is 124 cm³/mol. The summed E-state index contributed by atoms with van der Waals surface area (Å²) in [4.78, 5) is 15.3. The lowest BCUT2D eigenvalue weighted by Gasteiger charge is -2.38. The SMILES string of the molecule is COc1cc(CN2CC(OC)C2)ccc1Cn1ncc2nc(N)nc(NCc3noc(C)n3)c21. The van der Waals surface area contributed by atoms with Crippen LogP contribution in [0.4, 0.5) is 11.8 Å². The van der Waals surface area contributed by atoms with Gasteiger partial charge in [0.25, 0.3) is 0 Å². The number of aryl methyl sites for hydroxylation is 1. The largest absolute Gasteiger partial charge is 0.496 e. The van der Waals surface area contributed by atoms with Crippen LogP contribution < -0.4 is 15.8 Å². The summed E-state index contributed by atoms with van der Waals surface area (Å²) >= 11 is 0. The summed E-state index contributed by atoms with van der Waals surface area (Å²) < 4.78 is 17.9. The molecule has 0 amide bonds. The monoisotopic (exact) mass is 465 g/mol. The molecule has 1 saturated heterocycles. The van der Waals surface area contributed by atoms with Crippen LogP contribution in [0, 0.1) is 6.92 Å². The second kappa shape index (κ2) is 9.23. The minimum Gasteiger partial charge on any atom is -0.496 e. The molecule has 1 aliphatic heterocycles. The molecule has 34 heavy (non-hydrogen) atoms. The molecular formula is C22H27N9O3. The topological polar surface area (TPSA) is 142 Å². The van der Waals surface area contributed by atoms with Gasteiger partial charge in [0.1, 0.15) is 16.8 Å². The molecule has 178 valence electrons. The van der Waals surface area contributed by atoms with Crippen molar-refractivity contribution in [3.05, 3.63) is 47.2 Å². The smallest absolute Gasteiger partial charge is 0.223 e. The van der Waals surface area contributed by atoms with E-state index >= 15 is 0 Å². The van der Waals surface area contributed by atoms with Gasteiger partial charge in [0.05, 0.1) is 32.5 Å². The van der Waals surface area contributed by atoms with E-state index in [0.29, 0.717) is 42.2 Å². The fourth-order valence-electron chi connectivity index (χ4n) is 4.07. The maximum Gasteiger partial charge on any atom is 0.223 e. The molecule has 0 unspecified atom stereocenters. The molecule has 4 aromatic rings. The molecule has 4 heterocycles. The van der Waals surface area contributed by atoms with Gasteiger partial charge in [-0.2, -0.15) is 15.1 Å². The van der Waals surface area contributed by atoms with Crippen LogP contribution in [0.1, 0.15) is 22.8 Å². The molecule has 5 rings (SSSR count). The predicted octanol–water partition coefficient (Wildman–Crippen LogP) is 1.60. The van der Waals surface area contributed by atoms with Gasteiger partial charge in [0.2, 0.25) is 11.8 Å². The van der Waals surface area contributed by atoms with Crippen LogP contribution in [0.15, 0.2) is 28.9 Å². The van der Waals surface area contributed by atoms with Crippen LogP contribution in [0.2, 0.25) is 0 Å². The van der Waals surface area contributed by atoms with Gasteiger partial charge in [-0.1, -0.05) is 17.3 Å². The van der Waals surface area contributed by atoms with Crippen molar-refractivity contribution in [2.45, 2.75) is 32.7 Å². The molecule has 12 heteroatoms. The van der Waals surface area contributed by atoms with Gasteiger partial charge < -0.3 is 25.0 Å². The molecule has 0 spiro atoms. The van der Waals surface area contributed by atoms with E-state index in [1.807, 2.05) is 4.68 Å². The Balaban J connectivity index is 1.37. The number of methoxy groups -OCH3 is 2. The van der Waals surface area contributed by atoms with E-state index in [4.69, 9.17) is 19.7 Å². The van der Waals surface area contributed by atoms with Gasteiger partial charge in [-0.05, 0) is 11.6 Å². The number of hydrogen-bond acceptors (Lipinski definition) is 11. The summed E-state index contributed by atoms with van der Waals surface area (Å²) in [5.74, 6) is 2.52. The highest BCUT2D eigenvalue weighted by molar-refractivity contribution is 5.86. The number of nitrogens with one attached hydrogen (secondary N) is 1. The van der Waals surface area contributed by atoms with Crippen molar-refractivity contribution in [2.24, 2.45) is 0 Å². The molecule has 0 saturated carbocycles. The van der Waals surface area contributed by atoms with Crippen molar-refractivity contribution in [2.75, 3.05) is 38.4 Å². The summed E-state index contributed by atoms with van der Waals surface area (Å²) in [5, 5.41) is 11.7. The second-order valence-corrected chi connectivity index (χ2v) is 8.25. The maximum atomic E-state index is 5.91. The summed E-state index contributed by atoms with van der Waals surface area (Å²) in [6, 6.07) is 6.27. The van der Waals surface area contributed by atoms with Gasteiger partial charge in [-0.15, -0.1) is 0 Å². The Morgan fingerprint density at radius 3 is 2.76 bits per heavy atom. The molecule has 3 N–H and O–H groups in total. The van der Waals surface area contributed by atoms with Gasteiger partial charge in [0, 0.05) is 39.2 Å². The number of fused-ring (bicyclic) bond motifs is 1. The third kappa shape index (κ3) is 4.50. The number of hydrogen-bond donors (Lipinski definition) is 2. The number of rotatable bonds is 9. The summed E-state index contributed by atoms with van der Waals surface area (Å²) in [7, 11) is 3.43. The zero-order chi connectivity index (χ0) is 23.7. The molecule has 1 aromatic carbocycles. The highest BCUT2D eigenvalue weighted by Crippen LogP contribution is 2.27. The third-order valence-electron chi connectivity index (χ3n) is 5.82. The van der Waals surface area contributed by atoms with Crippen LogP contribution >= 0.6 is 0 Å². The summed E-state index contributed by atoms with van der Waals surface area (Å²) in [5.41, 5.74) is 9.46. The number of anilines is 2. The van der Waals surface area contributed by atoms with Crippen LogP contribution in [-0.4, -0.2) is 68.2 Å². The summed E-state index contributed by atoms with van der Waals surface area (Å²) in [6.45, 7) is 5.30. The first kappa shape index (κ1) is 22.0. The van der Waals surface area contributed by atoms with E-state index in [0.717, 1.165) is 36.5 Å². The van der Waals surface area contributed by atoms with Crippen LogP contribution in [0.5, 0.6) is 5.75 Å². The molecule has 1 fully saturated rings.